The number of benzene rings is 1. The number of nitrogen functional groups attached to an aromatic ring is 1. The van der Waals surface area contributed by atoms with E-state index in [4.69, 9.17) is 10.5 Å². The van der Waals surface area contributed by atoms with Gasteiger partial charge in [-0.3, -0.25) is 0 Å². The van der Waals surface area contributed by atoms with Crippen LogP contribution in [0, 0.1) is 0 Å². The van der Waals surface area contributed by atoms with E-state index in [2.05, 4.69) is 9.97 Å². The van der Waals surface area contributed by atoms with Crippen molar-refractivity contribution in [2.24, 2.45) is 7.05 Å². The number of anilines is 1. The predicted molar refractivity (Wildman–Crippen MR) is 74.9 cm³/mol. The van der Waals surface area contributed by atoms with Gasteiger partial charge in [-0.1, -0.05) is 18.2 Å². The number of rotatable bonds is 2. The first-order valence-corrected chi connectivity index (χ1v) is 5.91. The van der Waals surface area contributed by atoms with E-state index in [1.165, 1.54) is 6.33 Å². The van der Waals surface area contributed by atoms with Gasteiger partial charge in [0, 0.05) is 24.4 Å². The third-order valence-corrected chi connectivity index (χ3v) is 3.18. The highest BCUT2D eigenvalue weighted by molar-refractivity contribution is 6.01. The Morgan fingerprint density at radius 2 is 1.95 bits per heavy atom. The Kier molecular flexibility index (Phi) is 2.59. The number of fused-ring (bicyclic) bond motifs is 1. The lowest BCUT2D eigenvalue weighted by atomic mass is 10.1. The second kappa shape index (κ2) is 4.28. The quantitative estimate of drug-likeness (QED) is 0.761. The van der Waals surface area contributed by atoms with E-state index < -0.39 is 0 Å². The van der Waals surface area contributed by atoms with Crippen LogP contribution in [-0.2, 0) is 7.05 Å². The molecular weight excluding hydrogens is 240 g/mol. The molecule has 0 saturated carbocycles. The Morgan fingerprint density at radius 1 is 1.16 bits per heavy atom. The number of ether oxygens (including phenoxy) is 1. The summed E-state index contributed by atoms with van der Waals surface area (Å²) < 4.78 is 7.35. The van der Waals surface area contributed by atoms with Crippen molar-refractivity contribution >= 4 is 16.9 Å². The normalized spacial score (nSPS) is 10.8. The number of hydrogen-bond acceptors (Lipinski definition) is 4. The molecule has 5 heteroatoms. The fourth-order valence-electron chi connectivity index (χ4n) is 2.31. The Labute approximate surface area is 110 Å². The zero-order valence-electron chi connectivity index (χ0n) is 10.8. The number of para-hydroxylation sites is 1. The largest absolute Gasteiger partial charge is 0.496 e. The smallest absolute Gasteiger partial charge is 0.145 e. The van der Waals surface area contributed by atoms with Crippen LogP contribution in [0.5, 0.6) is 5.75 Å². The van der Waals surface area contributed by atoms with E-state index in [1.807, 2.05) is 42.1 Å². The minimum atomic E-state index is 0.478. The van der Waals surface area contributed by atoms with Crippen molar-refractivity contribution in [3.8, 4) is 16.9 Å². The maximum atomic E-state index is 5.99. The number of nitrogens with two attached hydrogens (primary N) is 1. The van der Waals surface area contributed by atoms with Crippen LogP contribution in [-0.4, -0.2) is 21.6 Å². The van der Waals surface area contributed by atoms with Gasteiger partial charge in [-0.05, 0) is 6.07 Å². The molecule has 0 unspecified atom stereocenters. The molecular formula is C14H14N4O. The van der Waals surface area contributed by atoms with Gasteiger partial charge in [-0.15, -0.1) is 0 Å². The van der Waals surface area contributed by atoms with Crippen molar-refractivity contribution in [1.29, 1.82) is 0 Å². The standard InChI is InChI=1S/C14H14N4O/c1-18-7-10(9-5-3-4-6-11(9)19-2)12-13(15)16-8-17-14(12)18/h3-8H,1-2H3,(H2,15,16,17). The summed E-state index contributed by atoms with van der Waals surface area (Å²) in [4.78, 5) is 8.35. The van der Waals surface area contributed by atoms with E-state index >= 15 is 0 Å². The second-order valence-corrected chi connectivity index (χ2v) is 4.31. The van der Waals surface area contributed by atoms with Crippen molar-refractivity contribution in [3.63, 3.8) is 0 Å². The monoisotopic (exact) mass is 254 g/mol. The Hall–Kier alpha value is -2.56. The van der Waals surface area contributed by atoms with Gasteiger partial charge in [0.25, 0.3) is 0 Å². The zero-order chi connectivity index (χ0) is 13.4. The second-order valence-electron chi connectivity index (χ2n) is 4.31. The SMILES string of the molecule is COc1ccccc1-c1cn(C)c2ncnc(N)c12. The number of hydrogen-bond donors (Lipinski definition) is 1. The van der Waals surface area contributed by atoms with Gasteiger partial charge in [0.15, 0.2) is 0 Å². The number of nitrogens with zero attached hydrogens (tertiary/aromatic N) is 3. The van der Waals surface area contributed by atoms with Gasteiger partial charge < -0.3 is 15.0 Å². The van der Waals surface area contributed by atoms with Crippen LogP contribution in [0.3, 0.4) is 0 Å². The molecule has 2 N–H and O–H groups in total. The van der Waals surface area contributed by atoms with E-state index in [0.29, 0.717) is 5.82 Å². The molecule has 2 aromatic heterocycles. The van der Waals surface area contributed by atoms with Gasteiger partial charge in [0.2, 0.25) is 0 Å². The first-order chi connectivity index (χ1) is 9.22. The van der Waals surface area contributed by atoms with E-state index in [1.54, 1.807) is 7.11 Å². The van der Waals surface area contributed by atoms with Crippen LogP contribution >= 0.6 is 0 Å². The lowest BCUT2D eigenvalue weighted by Crippen LogP contribution is -1.94. The summed E-state index contributed by atoms with van der Waals surface area (Å²) in [5.74, 6) is 1.28. The summed E-state index contributed by atoms with van der Waals surface area (Å²) in [5.41, 5.74) is 8.77. The average Bonchev–Trinajstić information content (AvgIpc) is 2.78. The molecule has 3 rings (SSSR count). The van der Waals surface area contributed by atoms with Crippen molar-refractivity contribution in [3.05, 3.63) is 36.8 Å². The highest BCUT2D eigenvalue weighted by Gasteiger charge is 2.15. The topological polar surface area (TPSA) is 66.0 Å². The molecule has 0 bridgehead atoms. The minimum Gasteiger partial charge on any atom is -0.496 e. The average molecular weight is 254 g/mol. The Bertz CT molecular complexity index is 748. The lowest BCUT2D eigenvalue weighted by molar-refractivity contribution is 0.416. The molecule has 0 fully saturated rings. The fourth-order valence-corrected chi connectivity index (χ4v) is 2.31. The van der Waals surface area contributed by atoms with Crippen molar-refractivity contribution in [1.82, 2.24) is 14.5 Å². The Morgan fingerprint density at radius 3 is 2.74 bits per heavy atom. The Balaban J connectivity index is 2.37. The molecule has 3 aromatic rings. The first kappa shape index (κ1) is 11.5. The lowest BCUT2D eigenvalue weighted by Gasteiger charge is -2.07. The fraction of sp³-hybridized carbons (Fsp3) is 0.143. The van der Waals surface area contributed by atoms with E-state index in [9.17, 15) is 0 Å². The van der Waals surface area contributed by atoms with Crippen LogP contribution in [0.4, 0.5) is 5.82 Å². The summed E-state index contributed by atoms with van der Waals surface area (Å²) in [7, 11) is 3.59. The molecule has 0 aliphatic heterocycles. The number of aryl methyl sites for hydroxylation is 1. The van der Waals surface area contributed by atoms with Gasteiger partial charge in [0.05, 0.1) is 12.5 Å². The predicted octanol–water partition coefficient (Wildman–Crippen LogP) is 2.23. The van der Waals surface area contributed by atoms with Crippen molar-refractivity contribution in [2.75, 3.05) is 12.8 Å². The summed E-state index contributed by atoms with van der Waals surface area (Å²) in [6, 6.07) is 7.83. The molecule has 1 aromatic carbocycles. The highest BCUT2D eigenvalue weighted by atomic mass is 16.5. The molecule has 2 heterocycles. The van der Waals surface area contributed by atoms with Crippen LogP contribution in [0.1, 0.15) is 0 Å². The van der Waals surface area contributed by atoms with Gasteiger partial charge in [-0.25, -0.2) is 9.97 Å². The van der Waals surface area contributed by atoms with E-state index in [0.717, 1.165) is 27.9 Å². The van der Waals surface area contributed by atoms with Crippen molar-refractivity contribution in [2.45, 2.75) is 0 Å². The summed E-state index contributed by atoms with van der Waals surface area (Å²) in [6.07, 6.45) is 3.47. The van der Waals surface area contributed by atoms with Crippen LogP contribution in [0.25, 0.3) is 22.2 Å². The van der Waals surface area contributed by atoms with Gasteiger partial charge in [0.1, 0.15) is 23.5 Å². The molecule has 0 aliphatic carbocycles. The molecule has 0 atom stereocenters. The number of aromatic nitrogens is 3. The minimum absolute atomic E-state index is 0.478. The maximum Gasteiger partial charge on any atom is 0.145 e. The maximum absolute atomic E-state index is 5.99. The third-order valence-electron chi connectivity index (χ3n) is 3.18. The summed E-state index contributed by atoms with van der Waals surface area (Å²) >= 11 is 0. The van der Waals surface area contributed by atoms with Crippen molar-refractivity contribution < 1.29 is 4.74 Å². The molecule has 0 aliphatic rings. The van der Waals surface area contributed by atoms with Crippen LogP contribution < -0.4 is 10.5 Å². The van der Waals surface area contributed by atoms with Gasteiger partial charge >= 0.3 is 0 Å². The first-order valence-electron chi connectivity index (χ1n) is 5.91. The van der Waals surface area contributed by atoms with Crippen LogP contribution in [0.15, 0.2) is 36.8 Å². The summed E-state index contributed by atoms with van der Waals surface area (Å²) in [5, 5.41) is 0.856. The summed E-state index contributed by atoms with van der Waals surface area (Å²) in [6.45, 7) is 0. The van der Waals surface area contributed by atoms with Crippen LogP contribution in [0.2, 0.25) is 0 Å². The molecule has 0 amide bonds. The third kappa shape index (κ3) is 1.71. The highest BCUT2D eigenvalue weighted by Crippen LogP contribution is 2.36. The molecule has 0 spiro atoms. The van der Waals surface area contributed by atoms with Gasteiger partial charge in [-0.2, -0.15) is 0 Å². The molecule has 19 heavy (non-hydrogen) atoms. The zero-order valence-corrected chi connectivity index (χ0v) is 10.8. The van der Waals surface area contributed by atoms with E-state index in [-0.39, 0.29) is 0 Å². The molecule has 96 valence electrons. The number of methoxy groups -OCH3 is 1. The molecule has 0 radical (unpaired) electrons. The molecule has 0 saturated heterocycles. The molecule has 5 nitrogen and oxygen atoms in total.